The second-order valence-electron chi connectivity index (χ2n) is 5.51. The quantitative estimate of drug-likeness (QED) is 0.494. The van der Waals surface area contributed by atoms with Gasteiger partial charge >= 0.3 is 0 Å². The van der Waals surface area contributed by atoms with Crippen LogP contribution in [0.2, 0.25) is 10.0 Å². The Kier molecular flexibility index (Phi) is 5.77. The number of nitrogens with zero attached hydrogens (tertiary/aromatic N) is 2. The summed E-state index contributed by atoms with van der Waals surface area (Å²) in [6.45, 7) is 0. The van der Waals surface area contributed by atoms with Crippen molar-refractivity contribution in [2.75, 3.05) is 0 Å². The number of aliphatic imine (C=N–C) groups is 1. The summed E-state index contributed by atoms with van der Waals surface area (Å²) in [6, 6.07) is 14.3. The van der Waals surface area contributed by atoms with Crippen molar-refractivity contribution in [3.63, 3.8) is 0 Å². The van der Waals surface area contributed by atoms with Gasteiger partial charge in [-0.3, -0.25) is 4.79 Å². The lowest BCUT2D eigenvalue weighted by molar-refractivity contribution is -0.115. The van der Waals surface area contributed by atoms with Crippen molar-refractivity contribution in [3.8, 4) is 0 Å². The van der Waals surface area contributed by atoms with E-state index in [1.54, 1.807) is 36.5 Å². The Balaban J connectivity index is 1.49. The third-order valence-electron chi connectivity index (χ3n) is 3.50. The molecule has 5 nitrogen and oxygen atoms in total. The van der Waals surface area contributed by atoms with E-state index in [0.717, 1.165) is 5.03 Å². The van der Waals surface area contributed by atoms with Crippen molar-refractivity contribution in [1.82, 2.24) is 10.3 Å². The first-order chi connectivity index (χ1) is 13.6. The Morgan fingerprint density at radius 3 is 2.82 bits per heavy atom. The molecule has 3 heterocycles. The molecule has 1 amide bonds. The van der Waals surface area contributed by atoms with Gasteiger partial charge in [0.2, 0.25) is 0 Å². The maximum Gasteiger partial charge on any atom is 0.264 e. The lowest BCUT2D eigenvalue weighted by Crippen LogP contribution is -2.19. The van der Waals surface area contributed by atoms with E-state index >= 15 is 0 Å². The summed E-state index contributed by atoms with van der Waals surface area (Å²) in [7, 11) is 0. The molecule has 1 N–H and O–H groups in total. The van der Waals surface area contributed by atoms with Gasteiger partial charge in [0.05, 0.1) is 20.6 Å². The maximum absolute atomic E-state index is 12.2. The number of hydrogen-bond acceptors (Lipinski definition) is 6. The molecule has 2 aromatic heterocycles. The molecule has 4 rings (SSSR count). The first kappa shape index (κ1) is 19.1. The smallest absolute Gasteiger partial charge is 0.264 e. The Morgan fingerprint density at radius 1 is 1.14 bits per heavy atom. The van der Waals surface area contributed by atoms with E-state index in [9.17, 15) is 4.79 Å². The minimum Gasteiger partial charge on any atom is -0.450 e. The number of furan rings is 1. The summed E-state index contributed by atoms with van der Waals surface area (Å²) >= 11 is 14.5. The molecule has 0 aliphatic carbocycles. The highest BCUT2D eigenvalue weighted by molar-refractivity contribution is 8.18. The van der Waals surface area contributed by atoms with Crippen LogP contribution in [0.1, 0.15) is 5.76 Å². The molecule has 0 unspecified atom stereocenters. The van der Waals surface area contributed by atoms with Crippen LogP contribution in [0.4, 0.5) is 5.69 Å². The first-order valence-corrected chi connectivity index (χ1v) is 10.4. The molecule has 1 fully saturated rings. The lowest BCUT2D eigenvalue weighted by atomic mass is 10.3. The predicted molar refractivity (Wildman–Crippen MR) is 114 cm³/mol. The van der Waals surface area contributed by atoms with Gasteiger partial charge in [-0.05, 0) is 66.0 Å². The van der Waals surface area contributed by atoms with Crippen molar-refractivity contribution in [2.24, 2.45) is 4.99 Å². The Hall–Kier alpha value is -2.19. The topological polar surface area (TPSA) is 67.5 Å². The fourth-order valence-corrected chi connectivity index (χ4v) is 4.11. The molecule has 0 atom stereocenters. The van der Waals surface area contributed by atoms with Crippen molar-refractivity contribution in [2.45, 2.75) is 10.1 Å². The van der Waals surface area contributed by atoms with Crippen LogP contribution in [0.3, 0.4) is 0 Å². The largest absolute Gasteiger partial charge is 0.450 e. The van der Waals surface area contributed by atoms with Gasteiger partial charge in [-0.2, -0.15) is 0 Å². The van der Waals surface area contributed by atoms with E-state index in [0.29, 0.717) is 36.7 Å². The fraction of sp³-hybridized carbons (Fsp3) is 0. The minimum absolute atomic E-state index is 0.237. The molecule has 0 spiro atoms. The highest BCUT2D eigenvalue weighted by atomic mass is 35.5. The molecule has 28 heavy (non-hydrogen) atoms. The lowest BCUT2D eigenvalue weighted by Gasteiger charge is -1.98. The monoisotopic (exact) mass is 447 g/mol. The number of carbonyl (C=O) groups is 1. The number of aromatic nitrogens is 1. The zero-order valence-corrected chi connectivity index (χ0v) is 17.2. The minimum atomic E-state index is -0.237. The van der Waals surface area contributed by atoms with Crippen molar-refractivity contribution >= 4 is 69.6 Å². The second kappa shape index (κ2) is 8.45. The van der Waals surface area contributed by atoms with Gasteiger partial charge in [0.15, 0.2) is 10.3 Å². The van der Waals surface area contributed by atoms with Crippen molar-refractivity contribution < 1.29 is 9.21 Å². The van der Waals surface area contributed by atoms with E-state index in [1.807, 2.05) is 24.3 Å². The molecule has 1 saturated heterocycles. The number of pyridine rings is 1. The van der Waals surface area contributed by atoms with Crippen LogP contribution in [0.15, 0.2) is 79.2 Å². The number of amides is 1. The van der Waals surface area contributed by atoms with Gasteiger partial charge in [0, 0.05) is 12.3 Å². The van der Waals surface area contributed by atoms with Crippen LogP contribution in [0.5, 0.6) is 0 Å². The van der Waals surface area contributed by atoms with Gasteiger partial charge in [-0.1, -0.05) is 29.3 Å². The van der Waals surface area contributed by atoms with Crippen LogP contribution in [-0.2, 0) is 4.79 Å². The van der Waals surface area contributed by atoms with Crippen molar-refractivity contribution in [1.29, 1.82) is 0 Å². The molecule has 0 saturated carbocycles. The van der Waals surface area contributed by atoms with Crippen LogP contribution in [-0.4, -0.2) is 16.1 Å². The first-order valence-electron chi connectivity index (χ1n) is 8.00. The summed E-state index contributed by atoms with van der Waals surface area (Å²) in [4.78, 5) is 21.3. The number of hydrogen-bond donors (Lipinski definition) is 1. The molecular formula is C19H11Cl2N3O2S2. The predicted octanol–water partition coefficient (Wildman–Crippen LogP) is 6.02. The zero-order valence-electron chi connectivity index (χ0n) is 14.1. The SMILES string of the molecule is O=C1NC(=Nc2ccc(Cl)c(Cl)c2)S/C1=C\c1ccc(Sc2ccccn2)o1. The molecule has 140 valence electrons. The Morgan fingerprint density at radius 2 is 2.04 bits per heavy atom. The van der Waals surface area contributed by atoms with Gasteiger partial charge in [-0.15, -0.1) is 0 Å². The number of halogens is 2. The Bertz CT molecular complexity index is 1100. The summed E-state index contributed by atoms with van der Waals surface area (Å²) in [5, 5.41) is 5.57. The average molecular weight is 448 g/mol. The molecular weight excluding hydrogens is 437 g/mol. The van der Waals surface area contributed by atoms with Crippen LogP contribution in [0, 0.1) is 0 Å². The highest BCUT2D eigenvalue weighted by Crippen LogP contribution is 2.32. The van der Waals surface area contributed by atoms with E-state index in [-0.39, 0.29) is 5.91 Å². The summed E-state index contributed by atoms with van der Waals surface area (Å²) in [5.41, 5.74) is 0.602. The van der Waals surface area contributed by atoms with Crippen LogP contribution >= 0.6 is 46.7 Å². The molecule has 0 radical (unpaired) electrons. The number of nitrogens with one attached hydrogen (secondary N) is 1. The van der Waals surface area contributed by atoms with E-state index < -0.39 is 0 Å². The average Bonchev–Trinajstić information content (AvgIpc) is 3.26. The fourth-order valence-electron chi connectivity index (χ4n) is 2.26. The van der Waals surface area contributed by atoms with E-state index in [1.165, 1.54) is 23.5 Å². The third-order valence-corrected chi connectivity index (χ3v) is 6.02. The molecule has 1 aromatic carbocycles. The summed E-state index contributed by atoms with van der Waals surface area (Å²) in [6.07, 6.45) is 3.40. The molecule has 0 bridgehead atoms. The number of thioether (sulfide) groups is 1. The summed E-state index contributed by atoms with van der Waals surface area (Å²) < 4.78 is 5.76. The zero-order chi connectivity index (χ0) is 19.5. The van der Waals surface area contributed by atoms with E-state index in [2.05, 4.69) is 15.3 Å². The van der Waals surface area contributed by atoms with Crippen LogP contribution < -0.4 is 5.32 Å². The van der Waals surface area contributed by atoms with Gasteiger partial charge in [-0.25, -0.2) is 9.98 Å². The third kappa shape index (κ3) is 4.62. The number of carbonyl (C=O) groups excluding carboxylic acids is 1. The van der Waals surface area contributed by atoms with Gasteiger partial charge in [0.1, 0.15) is 10.8 Å². The Labute approximate surface area is 179 Å². The normalized spacial score (nSPS) is 16.7. The molecule has 1 aliphatic rings. The number of rotatable bonds is 4. The molecule has 9 heteroatoms. The van der Waals surface area contributed by atoms with E-state index in [4.69, 9.17) is 27.6 Å². The number of benzene rings is 1. The molecule has 1 aliphatic heterocycles. The standard InChI is InChI=1S/C19H11Cl2N3O2S2/c20-13-6-4-11(9-14(13)21)23-19-24-18(25)15(27-19)10-12-5-7-17(26-12)28-16-3-1-2-8-22-16/h1-10H,(H,23,24,25)/b15-10-. The highest BCUT2D eigenvalue weighted by Gasteiger charge is 2.24. The van der Waals surface area contributed by atoms with Crippen molar-refractivity contribution in [3.05, 3.63) is 75.4 Å². The number of amidine groups is 1. The van der Waals surface area contributed by atoms with Gasteiger partial charge < -0.3 is 9.73 Å². The summed E-state index contributed by atoms with van der Waals surface area (Å²) in [5.74, 6) is 0.339. The van der Waals surface area contributed by atoms with Crippen LogP contribution in [0.25, 0.3) is 6.08 Å². The maximum atomic E-state index is 12.2. The van der Waals surface area contributed by atoms with Gasteiger partial charge in [0.25, 0.3) is 5.91 Å². The second-order valence-corrected chi connectivity index (χ2v) is 8.38. The molecule has 3 aromatic rings.